The van der Waals surface area contributed by atoms with Crippen molar-refractivity contribution in [2.75, 3.05) is 36.0 Å². The predicted octanol–water partition coefficient (Wildman–Crippen LogP) is 3.24. The Labute approximate surface area is 133 Å². The lowest BCUT2D eigenvalue weighted by atomic mass is 10.1. The van der Waals surface area contributed by atoms with Gasteiger partial charge in [-0.2, -0.15) is 9.97 Å². The average Bonchev–Trinajstić information content (AvgIpc) is 3.20. The Hall–Kier alpha value is -1.52. The molecule has 2 aliphatic heterocycles. The zero-order valence-corrected chi connectivity index (χ0v) is 14.1. The smallest absolute Gasteiger partial charge is 0.320 e. The summed E-state index contributed by atoms with van der Waals surface area (Å²) < 4.78 is 6.08. The number of aromatic nitrogens is 2. The quantitative estimate of drug-likeness (QED) is 0.835. The highest BCUT2D eigenvalue weighted by molar-refractivity contribution is 5.52. The van der Waals surface area contributed by atoms with Crippen LogP contribution >= 0.6 is 0 Å². The van der Waals surface area contributed by atoms with Crippen molar-refractivity contribution in [1.82, 2.24) is 9.97 Å². The zero-order chi connectivity index (χ0) is 15.6. The van der Waals surface area contributed by atoms with Crippen molar-refractivity contribution >= 4 is 11.6 Å². The van der Waals surface area contributed by atoms with Crippen molar-refractivity contribution < 1.29 is 4.74 Å². The van der Waals surface area contributed by atoms with Crippen LogP contribution in [0, 0.1) is 0 Å². The number of nitrogens with zero attached hydrogens (tertiary/aromatic N) is 4. The number of ether oxygens (including phenoxy) is 1. The van der Waals surface area contributed by atoms with Crippen LogP contribution in [0.1, 0.15) is 52.9 Å². The monoisotopic (exact) mass is 304 g/mol. The second-order valence-electron chi connectivity index (χ2n) is 6.97. The Morgan fingerprint density at radius 3 is 1.82 bits per heavy atom. The summed E-state index contributed by atoms with van der Waals surface area (Å²) in [5, 5.41) is 0. The molecule has 0 aliphatic carbocycles. The molecule has 0 N–H and O–H groups in total. The van der Waals surface area contributed by atoms with E-state index in [4.69, 9.17) is 4.74 Å². The van der Waals surface area contributed by atoms with Crippen molar-refractivity contribution in [2.45, 2.75) is 58.5 Å². The highest BCUT2D eigenvalue weighted by Gasteiger charge is 2.23. The summed E-state index contributed by atoms with van der Waals surface area (Å²) in [4.78, 5) is 14.1. The summed E-state index contributed by atoms with van der Waals surface area (Å²) in [5.74, 6) is 2.05. The maximum absolute atomic E-state index is 6.08. The van der Waals surface area contributed by atoms with Crippen LogP contribution in [0.2, 0.25) is 0 Å². The molecular weight excluding hydrogens is 276 g/mol. The number of hydrogen-bond donors (Lipinski definition) is 0. The maximum Gasteiger partial charge on any atom is 0.320 e. The summed E-state index contributed by atoms with van der Waals surface area (Å²) in [6, 6.07) is 2.67. The molecule has 122 valence electrons. The molecule has 3 rings (SSSR count). The van der Waals surface area contributed by atoms with Crippen LogP contribution in [-0.4, -0.2) is 41.7 Å². The first kappa shape index (κ1) is 15.4. The van der Waals surface area contributed by atoms with Gasteiger partial charge in [-0.1, -0.05) is 6.92 Å². The number of hydrogen-bond acceptors (Lipinski definition) is 5. The van der Waals surface area contributed by atoms with Crippen LogP contribution in [0.5, 0.6) is 6.01 Å². The molecule has 5 heteroatoms. The van der Waals surface area contributed by atoms with Crippen molar-refractivity contribution in [3.05, 3.63) is 6.07 Å². The minimum atomic E-state index is -0.230. The van der Waals surface area contributed by atoms with E-state index in [1.54, 1.807) is 0 Å². The van der Waals surface area contributed by atoms with Gasteiger partial charge in [-0.15, -0.1) is 0 Å². The summed E-state index contributed by atoms with van der Waals surface area (Å²) >= 11 is 0. The van der Waals surface area contributed by atoms with E-state index in [0.717, 1.165) is 44.2 Å². The van der Waals surface area contributed by atoms with Gasteiger partial charge in [0.2, 0.25) is 0 Å². The van der Waals surface area contributed by atoms with Gasteiger partial charge in [-0.25, -0.2) is 0 Å². The van der Waals surface area contributed by atoms with Gasteiger partial charge in [0, 0.05) is 32.2 Å². The molecule has 2 aliphatic rings. The summed E-state index contributed by atoms with van der Waals surface area (Å²) in [7, 11) is 0. The van der Waals surface area contributed by atoms with E-state index in [-0.39, 0.29) is 5.60 Å². The molecule has 0 atom stereocenters. The normalized spacial score (nSPS) is 19.0. The molecule has 2 fully saturated rings. The van der Waals surface area contributed by atoms with Gasteiger partial charge < -0.3 is 14.5 Å². The third kappa shape index (κ3) is 3.45. The fourth-order valence-corrected chi connectivity index (χ4v) is 2.98. The lowest BCUT2D eigenvalue weighted by molar-refractivity contribution is 0.0927. The molecule has 1 aromatic heterocycles. The third-order valence-electron chi connectivity index (χ3n) is 4.76. The molecule has 22 heavy (non-hydrogen) atoms. The Balaban J connectivity index is 1.90. The second-order valence-corrected chi connectivity index (χ2v) is 6.97. The molecular formula is C17H28N4O. The Kier molecular flexibility index (Phi) is 4.41. The summed E-state index contributed by atoms with van der Waals surface area (Å²) in [6.45, 7) is 10.7. The standard InChI is InChI=1S/C17H28N4O/c1-4-17(2,3)22-16-18-14(20-9-5-6-10-20)13-15(19-16)21-11-7-8-12-21/h13H,4-12H2,1-3H3. The van der Waals surface area contributed by atoms with Gasteiger partial charge >= 0.3 is 6.01 Å². The maximum atomic E-state index is 6.08. The molecule has 2 saturated heterocycles. The molecule has 0 radical (unpaired) electrons. The van der Waals surface area contributed by atoms with Crippen molar-refractivity contribution in [3.8, 4) is 6.01 Å². The number of rotatable bonds is 5. The minimum Gasteiger partial charge on any atom is -0.457 e. The van der Waals surface area contributed by atoms with Gasteiger partial charge in [0.25, 0.3) is 0 Å². The van der Waals surface area contributed by atoms with E-state index in [2.05, 4.69) is 46.6 Å². The average molecular weight is 304 g/mol. The molecule has 0 aromatic carbocycles. The molecule has 0 bridgehead atoms. The Morgan fingerprint density at radius 1 is 0.955 bits per heavy atom. The molecule has 0 unspecified atom stereocenters. The van der Waals surface area contributed by atoms with Gasteiger partial charge in [-0.3, -0.25) is 0 Å². The largest absolute Gasteiger partial charge is 0.457 e. The van der Waals surface area contributed by atoms with Crippen molar-refractivity contribution in [3.63, 3.8) is 0 Å². The van der Waals surface area contributed by atoms with Crippen LogP contribution in [0.15, 0.2) is 6.07 Å². The molecule has 0 spiro atoms. The fourth-order valence-electron chi connectivity index (χ4n) is 2.98. The van der Waals surface area contributed by atoms with E-state index in [1.165, 1.54) is 25.7 Å². The van der Waals surface area contributed by atoms with E-state index in [9.17, 15) is 0 Å². The first-order valence-electron chi connectivity index (χ1n) is 8.65. The first-order chi connectivity index (χ1) is 10.6. The summed E-state index contributed by atoms with van der Waals surface area (Å²) in [5.41, 5.74) is -0.230. The molecule has 1 aromatic rings. The Morgan fingerprint density at radius 2 is 1.41 bits per heavy atom. The molecule has 0 saturated carbocycles. The van der Waals surface area contributed by atoms with Crippen molar-refractivity contribution in [2.24, 2.45) is 0 Å². The van der Waals surface area contributed by atoms with Crippen molar-refractivity contribution in [1.29, 1.82) is 0 Å². The van der Waals surface area contributed by atoms with Crippen LogP contribution in [-0.2, 0) is 0 Å². The molecule has 3 heterocycles. The van der Waals surface area contributed by atoms with Gasteiger partial charge in [0.05, 0.1) is 0 Å². The SMILES string of the molecule is CCC(C)(C)Oc1nc(N2CCCC2)cc(N2CCCC2)n1. The van der Waals surface area contributed by atoms with E-state index in [1.807, 2.05) is 0 Å². The van der Waals surface area contributed by atoms with E-state index in [0.29, 0.717) is 6.01 Å². The van der Waals surface area contributed by atoms with E-state index < -0.39 is 0 Å². The fraction of sp³-hybridized carbons (Fsp3) is 0.765. The van der Waals surface area contributed by atoms with Crippen LogP contribution < -0.4 is 14.5 Å². The molecule has 5 nitrogen and oxygen atoms in total. The van der Waals surface area contributed by atoms with Gasteiger partial charge in [0.1, 0.15) is 17.2 Å². The lowest BCUT2D eigenvalue weighted by Crippen LogP contribution is -2.29. The number of anilines is 2. The predicted molar refractivity (Wildman–Crippen MR) is 89.9 cm³/mol. The highest BCUT2D eigenvalue weighted by atomic mass is 16.5. The second kappa shape index (κ2) is 6.31. The lowest BCUT2D eigenvalue weighted by Gasteiger charge is -2.26. The first-order valence-corrected chi connectivity index (χ1v) is 8.65. The summed E-state index contributed by atoms with van der Waals surface area (Å²) in [6.07, 6.45) is 5.93. The third-order valence-corrected chi connectivity index (χ3v) is 4.76. The topological polar surface area (TPSA) is 41.5 Å². The van der Waals surface area contributed by atoms with Crippen LogP contribution in [0.4, 0.5) is 11.6 Å². The molecule has 0 amide bonds. The van der Waals surface area contributed by atoms with Gasteiger partial charge in [0.15, 0.2) is 0 Å². The van der Waals surface area contributed by atoms with Gasteiger partial charge in [-0.05, 0) is 46.0 Å². The Bertz CT molecular complexity index is 471. The highest BCUT2D eigenvalue weighted by Crippen LogP contribution is 2.28. The van der Waals surface area contributed by atoms with Crippen LogP contribution in [0.25, 0.3) is 0 Å². The minimum absolute atomic E-state index is 0.230. The van der Waals surface area contributed by atoms with Crippen LogP contribution in [0.3, 0.4) is 0 Å². The zero-order valence-electron chi connectivity index (χ0n) is 14.1. The van der Waals surface area contributed by atoms with E-state index >= 15 is 0 Å².